The quantitative estimate of drug-likeness (QED) is 0.426. The van der Waals surface area contributed by atoms with Gasteiger partial charge in [0.05, 0.1) is 25.1 Å². The summed E-state index contributed by atoms with van der Waals surface area (Å²) in [5.74, 6) is -2.84. The largest absolute Gasteiger partial charge is 0.507 e. The SMILES string of the molecule is COc1ccccc1C1/C(=C(\O)c2ccc(Cl)cc2)C(=O)C(=O)N1CCC(=O)O. The highest BCUT2D eigenvalue weighted by Gasteiger charge is 2.47. The van der Waals surface area contributed by atoms with Crippen molar-refractivity contribution < 1.29 is 29.3 Å². The van der Waals surface area contributed by atoms with E-state index in [0.29, 0.717) is 21.9 Å². The van der Waals surface area contributed by atoms with Crippen LogP contribution in [0.15, 0.2) is 54.1 Å². The first kappa shape index (κ1) is 20.4. The second-order valence-corrected chi connectivity index (χ2v) is 6.82. The minimum atomic E-state index is -1.11. The molecule has 150 valence electrons. The van der Waals surface area contributed by atoms with Gasteiger partial charge in [0.1, 0.15) is 11.5 Å². The third-order valence-electron chi connectivity index (χ3n) is 4.66. The number of likely N-dealkylation sites (tertiary alicyclic amines) is 1. The van der Waals surface area contributed by atoms with Gasteiger partial charge in [0.2, 0.25) is 0 Å². The van der Waals surface area contributed by atoms with E-state index >= 15 is 0 Å². The second-order valence-electron chi connectivity index (χ2n) is 6.39. The molecule has 1 heterocycles. The Bertz CT molecular complexity index is 998. The highest BCUT2D eigenvalue weighted by Crippen LogP contribution is 2.42. The molecule has 2 aromatic carbocycles. The van der Waals surface area contributed by atoms with E-state index in [-0.39, 0.29) is 24.3 Å². The number of benzene rings is 2. The number of methoxy groups -OCH3 is 1. The maximum atomic E-state index is 12.8. The van der Waals surface area contributed by atoms with Gasteiger partial charge < -0.3 is 19.8 Å². The predicted molar refractivity (Wildman–Crippen MR) is 106 cm³/mol. The van der Waals surface area contributed by atoms with Crippen LogP contribution in [-0.2, 0) is 14.4 Å². The lowest BCUT2D eigenvalue weighted by Crippen LogP contribution is -2.32. The smallest absolute Gasteiger partial charge is 0.305 e. The molecule has 0 radical (unpaired) electrons. The molecule has 1 saturated heterocycles. The molecular formula is C21H18ClNO6. The van der Waals surface area contributed by atoms with Crippen molar-refractivity contribution in [2.45, 2.75) is 12.5 Å². The fourth-order valence-corrected chi connectivity index (χ4v) is 3.43. The van der Waals surface area contributed by atoms with Crippen molar-refractivity contribution in [3.05, 3.63) is 70.3 Å². The van der Waals surface area contributed by atoms with Crippen molar-refractivity contribution in [3.8, 4) is 5.75 Å². The van der Waals surface area contributed by atoms with Crippen LogP contribution in [0.1, 0.15) is 23.6 Å². The molecule has 1 atom stereocenters. The Hall–Kier alpha value is -3.32. The number of para-hydroxylation sites is 1. The van der Waals surface area contributed by atoms with Crippen LogP contribution in [0.3, 0.4) is 0 Å². The van der Waals surface area contributed by atoms with E-state index in [1.54, 1.807) is 36.4 Å². The van der Waals surface area contributed by atoms with E-state index < -0.39 is 23.7 Å². The molecule has 1 aliphatic rings. The van der Waals surface area contributed by atoms with Crippen molar-refractivity contribution in [3.63, 3.8) is 0 Å². The Kier molecular flexibility index (Phi) is 5.89. The van der Waals surface area contributed by atoms with Gasteiger partial charge in [-0.15, -0.1) is 0 Å². The molecule has 0 spiro atoms. The van der Waals surface area contributed by atoms with Crippen molar-refractivity contribution >= 4 is 35.0 Å². The molecule has 0 bridgehead atoms. The first-order chi connectivity index (χ1) is 13.8. The van der Waals surface area contributed by atoms with Crippen molar-refractivity contribution in [1.29, 1.82) is 0 Å². The van der Waals surface area contributed by atoms with Crippen LogP contribution >= 0.6 is 11.6 Å². The van der Waals surface area contributed by atoms with E-state index in [4.69, 9.17) is 21.4 Å². The number of Topliss-reactive ketones (excluding diaryl/α,β-unsaturated/α-hetero) is 1. The van der Waals surface area contributed by atoms with Gasteiger partial charge in [0.15, 0.2) is 0 Å². The molecule has 0 aliphatic carbocycles. The third kappa shape index (κ3) is 3.95. The average molecular weight is 416 g/mol. The van der Waals surface area contributed by atoms with Gasteiger partial charge in [-0.3, -0.25) is 14.4 Å². The molecule has 1 unspecified atom stereocenters. The average Bonchev–Trinajstić information content (AvgIpc) is 2.96. The Morgan fingerprint density at radius 1 is 1.10 bits per heavy atom. The highest BCUT2D eigenvalue weighted by atomic mass is 35.5. The number of carboxylic acid groups (broad SMARTS) is 1. The van der Waals surface area contributed by atoms with Crippen LogP contribution in [-0.4, -0.2) is 46.4 Å². The van der Waals surface area contributed by atoms with Crippen LogP contribution < -0.4 is 4.74 Å². The molecular weight excluding hydrogens is 398 g/mol. The van der Waals surface area contributed by atoms with Crippen LogP contribution in [0.25, 0.3) is 5.76 Å². The zero-order valence-electron chi connectivity index (χ0n) is 15.5. The Morgan fingerprint density at radius 2 is 1.76 bits per heavy atom. The Morgan fingerprint density at radius 3 is 2.38 bits per heavy atom. The summed E-state index contributed by atoms with van der Waals surface area (Å²) in [5.41, 5.74) is 0.646. The lowest BCUT2D eigenvalue weighted by molar-refractivity contribution is -0.142. The summed E-state index contributed by atoms with van der Waals surface area (Å²) in [4.78, 5) is 37.7. The number of hydrogen-bond donors (Lipinski definition) is 2. The number of aliphatic hydroxyl groups excluding tert-OH is 1. The Balaban J connectivity index is 2.20. The standard InChI is InChI=1S/C21H18ClNO6/c1-29-15-5-3-2-4-14(15)18-17(19(26)12-6-8-13(22)9-7-12)20(27)21(28)23(18)11-10-16(24)25/h2-9,18,26H,10-11H2,1H3,(H,24,25)/b19-17+. The molecule has 8 heteroatoms. The monoisotopic (exact) mass is 415 g/mol. The second kappa shape index (κ2) is 8.36. The lowest BCUT2D eigenvalue weighted by atomic mass is 9.94. The molecule has 0 saturated carbocycles. The van der Waals surface area contributed by atoms with Crippen LogP contribution in [0, 0.1) is 0 Å². The Labute approximate surface area is 171 Å². The van der Waals surface area contributed by atoms with E-state index in [2.05, 4.69) is 0 Å². The number of aliphatic carboxylic acids is 1. The summed E-state index contributed by atoms with van der Waals surface area (Å²) in [6, 6.07) is 11.9. The molecule has 7 nitrogen and oxygen atoms in total. The number of rotatable bonds is 6. The number of carbonyl (C=O) groups is 3. The number of hydrogen-bond acceptors (Lipinski definition) is 5. The minimum absolute atomic E-state index is 0.132. The number of ether oxygens (including phenoxy) is 1. The van der Waals surface area contributed by atoms with E-state index in [1.807, 2.05) is 0 Å². The fourth-order valence-electron chi connectivity index (χ4n) is 3.31. The molecule has 1 fully saturated rings. The maximum Gasteiger partial charge on any atom is 0.305 e. The fraction of sp³-hybridized carbons (Fsp3) is 0.190. The summed E-state index contributed by atoms with van der Waals surface area (Å²) in [6.45, 7) is -0.194. The van der Waals surface area contributed by atoms with Gasteiger partial charge in [-0.2, -0.15) is 0 Å². The number of amides is 1. The number of carbonyl (C=O) groups excluding carboxylic acids is 2. The lowest BCUT2D eigenvalue weighted by Gasteiger charge is -2.26. The van der Waals surface area contributed by atoms with Crippen molar-refractivity contribution in [2.24, 2.45) is 0 Å². The molecule has 3 rings (SSSR count). The number of aliphatic hydroxyl groups is 1. The summed E-state index contributed by atoms with van der Waals surface area (Å²) in [6.07, 6.45) is -0.348. The summed E-state index contributed by atoms with van der Waals surface area (Å²) < 4.78 is 5.36. The maximum absolute atomic E-state index is 12.8. The zero-order chi connectivity index (χ0) is 21.1. The molecule has 1 amide bonds. The molecule has 2 N–H and O–H groups in total. The van der Waals surface area contributed by atoms with Crippen LogP contribution in [0.4, 0.5) is 0 Å². The minimum Gasteiger partial charge on any atom is -0.507 e. The van der Waals surface area contributed by atoms with Crippen LogP contribution in [0.2, 0.25) is 5.02 Å². The molecule has 1 aliphatic heterocycles. The highest BCUT2D eigenvalue weighted by molar-refractivity contribution is 6.46. The van der Waals surface area contributed by atoms with Gasteiger partial charge in [-0.25, -0.2) is 0 Å². The van der Waals surface area contributed by atoms with Crippen molar-refractivity contribution in [1.82, 2.24) is 4.90 Å². The topological polar surface area (TPSA) is 104 Å². The van der Waals surface area contributed by atoms with E-state index in [0.717, 1.165) is 4.90 Å². The summed E-state index contributed by atoms with van der Waals surface area (Å²) in [5, 5.41) is 20.4. The first-order valence-electron chi connectivity index (χ1n) is 8.74. The van der Waals surface area contributed by atoms with E-state index in [1.165, 1.54) is 19.2 Å². The number of nitrogens with zero attached hydrogens (tertiary/aromatic N) is 1. The summed E-state index contributed by atoms with van der Waals surface area (Å²) in [7, 11) is 1.45. The van der Waals surface area contributed by atoms with Gasteiger partial charge in [0.25, 0.3) is 11.7 Å². The first-order valence-corrected chi connectivity index (χ1v) is 9.12. The van der Waals surface area contributed by atoms with E-state index in [9.17, 15) is 19.5 Å². The third-order valence-corrected chi connectivity index (χ3v) is 4.91. The molecule has 2 aromatic rings. The molecule has 29 heavy (non-hydrogen) atoms. The van der Waals surface area contributed by atoms with Gasteiger partial charge in [0, 0.05) is 22.7 Å². The van der Waals surface area contributed by atoms with Crippen molar-refractivity contribution in [2.75, 3.05) is 13.7 Å². The normalized spacial score (nSPS) is 18.1. The molecule has 0 aromatic heterocycles. The zero-order valence-corrected chi connectivity index (χ0v) is 16.2. The van der Waals surface area contributed by atoms with Crippen LogP contribution in [0.5, 0.6) is 5.75 Å². The summed E-state index contributed by atoms with van der Waals surface area (Å²) >= 11 is 5.89. The van der Waals surface area contributed by atoms with Gasteiger partial charge in [-0.1, -0.05) is 29.8 Å². The van der Waals surface area contributed by atoms with Gasteiger partial charge >= 0.3 is 5.97 Å². The number of carboxylic acids is 1. The predicted octanol–water partition coefficient (Wildman–Crippen LogP) is 3.25. The number of ketones is 1. The number of halogens is 1. The van der Waals surface area contributed by atoms with Gasteiger partial charge in [-0.05, 0) is 30.3 Å².